The van der Waals surface area contributed by atoms with E-state index in [2.05, 4.69) is 10.3 Å². The van der Waals surface area contributed by atoms with Gasteiger partial charge in [0, 0.05) is 11.7 Å². The second kappa shape index (κ2) is 5.07. The molecule has 1 fully saturated rings. The van der Waals surface area contributed by atoms with Gasteiger partial charge >= 0.3 is 5.97 Å². The van der Waals surface area contributed by atoms with Crippen molar-refractivity contribution in [1.29, 1.82) is 0 Å². The first-order chi connectivity index (χ1) is 8.95. The molecule has 0 saturated heterocycles. The molecule has 0 bridgehead atoms. The molecule has 104 valence electrons. The van der Waals surface area contributed by atoms with Crippen LogP contribution < -0.4 is 5.32 Å². The highest BCUT2D eigenvalue weighted by Gasteiger charge is 2.30. The lowest BCUT2D eigenvalue weighted by Gasteiger charge is -2.12. The fraction of sp³-hybridized carbons (Fsp3) is 0.571. The topological polar surface area (TPSA) is 71.2 Å². The maximum absolute atomic E-state index is 12.2. The Balaban J connectivity index is 2.20. The van der Waals surface area contributed by atoms with Gasteiger partial charge in [-0.2, -0.15) is 0 Å². The zero-order chi connectivity index (χ0) is 14.2. The SMILES string of the molecule is COC(=O)c1c(C)[nH]c(C(=O)NC(C)C2CC2)c1C. The average Bonchev–Trinajstić information content (AvgIpc) is 3.15. The molecule has 0 radical (unpaired) electrons. The van der Waals surface area contributed by atoms with Crippen LogP contribution in [0.3, 0.4) is 0 Å². The molecule has 1 heterocycles. The molecule has 1 aliphatic carbocycles. The third-order valence-corrected chi connectivity index (χ3v) is 3.74. The molecule has 5 heteroatoms. The van der Waals surface area contributed by atoms with Crippen LogP contribution in [0.2, 0.25) is 0 Å². The van der Waals surface area contributed by atoms with E-state index in [4.69, 9.17) is 4.74 Å². The van der Waals surface area contributed by atoms with Crippen LogP contribution in [-0.2, 0) is 4.74 Å². The number of aryl methyl sites for hydroxylation is 1. The van der Waals surface area contributed by atoms with Crippen molar-refractivity contribution in [3.05, 3.63) is 22.5 Å². The van der Waals surface area contributed by atoms with E-state index in [-0.39, 0.29) is 11.9 Å². The molecule has 2 N–H and O–H groups in total. The predicted molar refractivity (Wildman–Crippen MR) is 71.3 cm³/mol. The average molecular weight is 264 g/mol. The minimum absolute atomic E-state index is 0.157. The molecule has 19 heavy (non-hydrogen) atoms. The zero-order valence-electron chi connectivity index (χ0n) is 11.8. The molecule has 1 atom stereocenters. The molecule has 1 aliphatic rings. The number of rotatable bonds is 4. The fourth-order valence-electron chi connectivity index (χ4n) is 2.38. The number of carbonyl (C=O) groups is 2. The minimum Gasteiger partial charge on any atom is -0.465 e. The number of carbonyl (C=O) groups excluding carboxylic acids is 2. The Bertz CT molecular complexity index is 515. The zero-order valence-corrected chi connectivity index (χ0v) is 11.8. The second-order valence-corrected chi connectivity index (χ2v) is 5.22. The van der Waals surface area contributed by atoms with E-state index in [1.54, 1.807) is 13.8 Å². The molecular weight excluding hydrogens is 244 g/mol. The monoisotopic (exact) mass is 264 g/mol. The predicted octanol–water partition coefficient (Wildman–Crippen LogP) is 1.95. The van der Waals surface area contributed by atoms with Crippen LogP contribution in [0.4, 0.5) is 0 Å². The van der Waals surface area contributed by atoms with Crippen molar-refractivity contribution in [1.82, 2.24) is 10.3 Å². The molecule has 2 rings (SSSR count). The number of hydrogen-bond acceptors (Lipinski definition) is 3. The van der Waals surface area contributed by atoms with Crippen LogP contribution in [-0.4, -0.2) is 30.0 Å². The number of H-pyrrole nitrogens is 1. The van der Waals surface area contributed by atoms with Crippen LogP contribution in [0.1, 0.15) is 51.9 Å². The first-order valence-corrected chi connectivity index (χ1v) is 6.54. The summed E-state index contributed by atoms with van der Waals surface area (Å²) >= 11 is 0. The molecule has 5 nitrogen and oxygen atoms in total. The van der Waals surface area contributed by atoms with Gasteiger partial charge in [-0.1, -0.05) is 0 Å². The van der Waals surface area contributed by atoms with Crippen LogP contribution in [0.5, 0.6) is 0 Å². The molecule has 1 aromatic rings. The van der Waals surface area contributed by atoms with E-state index in [1.165, 1.54) is 20.0 Å². The number of methoxy groups -OCH3 is 1. The Morgan fingerprint density at radius 2 is 2.00 bits per heavy atom. The largest absolute Gasteiger partial charge is 0.465 e. The lowest BCUT2D eigenvalue weighted by molar-refractivity contribution is 0.0599. The summed E-state index contributed by atoms with van der Waals surface area (Å²) < 4.78 is 4.73. The van der Waals surface area contributed by atoms with Gasteiger partial charge < -0.3 is 15.0 Å². The summed E-state index contributed by atoms with van der Waals surface area (Å²) in [4.78, 5) is 26.8. The van der Waals surface area contributed by atoms with E-state index < -0.39 is 5.97 Å². The normalized spacial score (nSPS) is 16.0. The Kier molecular flexibility index (Phi) is 3.64. The first kappa shape index (κ1) is 13.6. The Morgan fingerprint density at radius 3 is 2.53 bits per heavy atom. The first-order valence-electron chi connectivity index (χ1n) is 6.54. The van der Waals surface area contributed by atoms with Gasteiger partial charge in [-0.05, 0) is 45.1 Å². The molecule has 0 aliphatic heterocycles. The maximum atomic E-state index is 12.2. The van der Waals surface area contributed by atoms with Crippen LogP contribution in [0.15, 0.2) is 0 Å². The summed E-state index contributed by atoms with van der Waals surface area (Å²) in [5.74, 6) is 0.0242. The van der Waals surface area contributed by atoms with Gasteiger partial charge in [0.1, 0.15) is 5.69 Å². The van der Waals surface area contributed by atoms with Gasteiger partial charge in [-0.15, -0.1) is 0 Å². The summed E-state index contributed by atoms with van der Waals surface area (Å²) in [7, 11) is 1.34. The Hall–Kier alpha value is -1.78. The van der Waals surface area contributed by atoms with Gasteiger partial charge in [0.15, 0.2) is 0 Å². The quantitative estimate of drug-likeness (QED) is 0.816. The Labute approximate surface area is 112 Å². The van der Waals surface area contributed by atoms with Crippen molar-refractivity contribution in [2.45, 2.75) is 39.7 Å². The van der Waals surface area contributed by atoms with Crippen molar-refractivity contribution in [3.63, 3.8) is 0 Å². The van der Waals surface area contributed by atoms with Crippen molar-refractivity contribution in [2.24, 2.45) is 5.92 Å². The van der Waals surface area contributed by atoms with E-state index in [0.29, 0.717) is 28.4 Å². The smallest absolute Gasteiger partial charge is 0.339 e. The standard InChI is InChI=1S/C14H20N2O3/c1-7-11(14(18)19-4)9(3)15-12(7)13(17)16-8(2)10-5-6-10/h8,10,15H,5-6H2,1-4H3,(H,16,17). The number of aromatic amines is 1. The van der Waals surface area contributed by atoms with E-state index >= 15 is 0 Å². The highest BCUT2D eigenvalue weighted by molar-refractivity contribution is 6.00. The number of aromatic nitrogens is 1. The summed E-state index contributed by atoms with van der Waals surface area (Å²) in [6.07, 6.45) is 2.36. The lowest BCUT2D eigenvalue weighted by atomic mass is 10.1. The maximum Gasteiger partial charge on any atom is 0.339 e. The number of nitrogens with one attached hydrogen (secondary N) is 2. The van der Waals surface area contributed by atoms with E-state index in [9.17, 15) is 9.59 Å². The second-order valence-electron chi connectivity index (χ2n) is 5.22. The van der Waals surface area contributed by atoms with Crippen LogP contribution in [0.25, 0.3) is 0 Å². The molecular formula is C14H20N2O3. The summed E-state index contributed by atoms with van der Waals surface area (Å²) in [5.41, 5.74) is 2.20. The van der Waals surface area contributed by atoms with Gasteiger partial charge in [-0.3, -0.25) is 4.79 Å². The van der Waals surface area contributed by atoms with Crippen molar-refractivity contribution in [2.75, 3.05) is 7.11 Å². The van der Waals surface area contributed by atoms with Gasteiger partial charge in [0.2, 0.25) is 0 Å². The highest BCUT2D eigenvalue weighted by atomic mass is 16.5. The highest BCUT2D eigenvalue weighted by Crippen LogP contribution is 2.32. The fourth-order valence-corrected chi connectivity index (χ4v) is 2.38. The van der Waals surface area contributed by atoms with Gasteiger partial charge in [0.05, 0.1) is 12.7 Å². The van der Waals surface area contributed by atoms with Crippen LogP contribution in [0, 0.1) is 19.8 Å². The van der Waals surface area contributed by atoms with Crippen molar-refractivity contribution in [3.8, 4) is 0 Å². The third kappa shape index (κ3) is 2.64. The lowest BCUT2D eigenvalue weighted by Crippen LogP contribution is -2.34. The molecule has 1 aromatic heterocycles. The van der Waals surface area contributed by atoms with Gasteiger partial charge in [-0.25, -0.2) is 4.79 Å². The molecule has 1 amide bonds. The van der Waals surface area contributed by atoms with Crippen LogP contribution >= 0.6 is 0 Å². The number of hydrogen-bond donors (Lipinski definition) is 2. The molecule has 1 saturated carbocycles. The molecule has 0 spiro atoms. The van der Waals surface area contributed by atoms with Crippen molar-refractivity contribution >= 4 is 11.9 Å². The minimum atomic E-state index is -0.416. The summed E-state index contributed by atoms with van der Waals surface area (Å²) in [5, 5.41) is 2.97. The summed E-state index contributed by atoms with van der Waals surface area (Å²) in [6.45, 7) is 5.54. The Morgan fingerprint density at radius 1 is 1.37 bits per heavy atom. The number of ether oxygens (including phenoxy) is 1. The van der Waals surface area contributed by atoms with E-state index in [0.717, 1.165) is 0 Å². The summed E-state index contributed by atoms with van der Waals surface area (Å²) in [6, 6.07) is 0.178. The third-order valence-electron chi connectivity index (χ3n) is 3.74. The number of amides is 1. The molecule has 1 unspecified atom stereocenters. The number of esters is 1. The van der Waals surface area contributed by atoms with Crippen molar-refractivity contribution < 1.29 is 14.3 Å². The molecule has 0 aromatic carbocycles. The van der Waals surface area contributed by atoms with E-state index in [1.807, 2.05) is 6.92 Å². The van der Waals surface area contributed by atoms with Gasteiger partial charge in [0.25, 0.3) is 5.91 Å².